The summed E-state index contributed by atoms with van der Waals surface area (Å²) in [6.45, 7) is 8.75. The lowest BCUT2D eigenvalue weighted by atomic mass is 10.1. The molecule has 5 heteroatoms. The van der Waals surface area contributed by atoms with Crippen molar-refractivity contribution in [3.63, 3.8) is 0 Å². The van der Waals surface area contributed by atoms with Crippen molar-refractivity contribution >= 4 is 16.9 Å². The number of hydrogen-bond acceptors (Lipinski definition) is 4. The molecule has 5 nitrogen and oxygen atoms in total. The van der Waals surface area contributed by atoms with E-state index in [1.54, 1.807) is 6.92 Å². The number of fused-ring (bicyclic) bond motifs is 1. The molecule has 0 saturated carbocycles. The standard InChI is InChI=1S/C19H26N2O3/c1-4-23-19(22)18-11-14-10-15(7-8-17(14)20-18)24-16-6-5-9-21(12-16)13(2)3/h7-8,10-11,13,16,20H,4-6,9,12H2,1-3H3. The van der Waals surface area contributed by atoms with E-state index < -0.39 is 0 Å². The zero-order valence-corrected chi connectivity index (χ0v) is 14.7. The van der Waals surface area contributed by atoms with Gasteiger partial charge < -0.3 is 14.5 Å². The minimum absolute atomic E-state index is 0.224. The molecule has 0 bridgehead atoms. The number of rotatable bonds is 5. The Hall–Kier alpha value is -2.01. The number of benzene rings is 1. The highest BCUT2D eigenvalue weighted by Gasteiger charge is 2.23. The summed E-state index contributed by atoms with van der Waals surface area (Å²) in [4.78, 5) is 17.4. The van der Waals surface area contributed by atoms with Crippen LogP contribution in [-0.2, 0) is 4.74 Å². The van der Waals surface area contributed by atoms with E-state index in [0.29, 0.717) is 18.3 Å². The molecule has 1 aromatic carbocycles. The number of piperidine rings is 1. The molecule has 1 saturated heterocycles. The molecule has 1 aliphatic rings. The molecular formula is C19H26N2O3. The van der Waals surface area contributed by atoms with Crippen molar-refractivity contribution in [2.75, 3.05) is 19.7 Å². The van der Waals surface area contributed by atoms with E-state index in [0.717, 1.165) is 36.2 Å². The largest absolute Gasteiger partial charge is 0.489 e. The van der Waals surface area contributed by atoms with Gasteiger partial charge in [-0.25, -0.2) is 4.79 Å². The Balaban J connectivity index is 1.72. The van der Waals surface area contributed by atoms with Gasteiger partial charge in [-0.05, 0) is 64.4 Å². The van der Waals surface area contributed by atoms with Gasteiger partial charge in [0.25, 0.3) is 0 Å². The average molecular weight is 330 g/mol. The van der Waals surface area contributed by atoms with Crippen molar-refractivity contribution in [2.45, 2.75) is 45.8 Å². The highest BCUT2D eigenvalue weighted by Crippen LogP contribution is 2.25. The predicted molar refractivity (Wildman–Crippen MR) is 94.6 cm³/mol. The molecule has 2 heterocycles. The number of carbonyl (C=O) groups is 1. The molecule has 1 aromatic heterocycles. The van der Waals surface area contributed by atoms with Gasteiger partial charge in [0.05, 0.1) is 6.61 Å². The minimum Gasteiger partial charge on any atom is -0.489 e. The Bertz CT molecular complexity index is 708. The fourth-order valence-electron chi connectivity index (χ4n) is 3.23. The molecule has 3 rings (SSSR count). The number of esters is 1. The fraction of sp³-hybridized carbons (Fsp3) is 0.526. The number of aromatic nitrogens is 1. The second-order valence-electron chi connectivity index (χ2n) is 6.62. The van der Waals surface area contributed by atoms with Crippen LogP contribution >= 0.6 is 0 Å². The number of ether oxygens (including phenoxy) is 2. The van der Waals surface area contributed by atoms with E-state index in [1.165, 1.54) is 6.42 Å². The maximum Gasteiger partial charge on any atom is 0.354 e. The zero-order valence-electron chi connectivity index (χ0n) is 14.7. The van der Waals surface area contributed by atoms with Crippen LogP contribution in [0.15, 0.2) is 24.3 Å². The number of aromatic amines is 1. The van der Waals surface area contributed by atoms with Gasteiger partial charge in [0, 0.05) is 23.5 Å². The second-order valence-corrected chi connectivity index (χ2v) is 6.62. The van der Waals surface area contributed by atoms with Crippen LogP contribution < -0.4 is 4.74 Å². The van der Waals surface area contributed by atoms with E-state index in [-0.39, 0.29) is 12.1 Å². The summed E-state index contributed by atoms with van der Waals surface area (Å²) in [6, 6.07) is 8.28. The molecular weight excluding hydrogens is 304 g/mol. The summed E-state index contributed by atoms with van der Waals surface area (Å²) >= 11 is 0. The van der Waals surface area contributed by atoms with Gasteiger partial charge in [-0.15, -0.1) is 0 Å². The molecule has 1 fully saturated rings. The first-order valence-electron chi connectivity index (χ1n) is 8.77. The first-order chi connectivity index (χ1) is 11.6. The van der Waals surface area contributed by atoms with Crippen molar-refractivity contribution in [2.24, 2.45) is 0 Å². The summed E-state index contributed by atoms with van der Waals surface area (Å²) in [5, 5.41) is 0.965. The molecule has 1 atom stereocenters. The summed E-state index contributed by atoms with van der Waals surface area (Å²) in [5.74, 6) is 0.531. The molecule has 0 amide bonds. The molecule has 1 N–H and O–H groups in total. The third-order valence-electron chi connectivity index (χ3n) is 4.53. The smallest absolute Gasteiger partial charge is 0.354 e. The first kappa shape index (κ1) is 16.8. The Morgan fingerprint density at radius 2 is 2.21 bits per heavy atom. The van der Waals surface area contributed by atoms with Gasteiger partial charge in [0.15, 0.2) is 0 Å². The van der Waals surface area contributed by atoms with Crippen LogP contribution in [0.4, 0.5) is 0 Å². The quantitative estimate of drug-likeness (QED) is 0.851. The van der Waals surface area contributed by atoms with Crippen LogP contribution in [0.5, 0.6) is 5.75 Å². The van der Waals surface area contributed by atoms with E-state index in [1.807, 2.05) is 24.3 Å². The highest BCUT2D eigenvalue weighted by atomic mass is 16.5. The van der Waals surface area contributed by atoms with E-state index in [2.05, 4.69) is 23.7 Å². The molecule has 0 aliphatic carbocycles. The summed E-state index contributed by atoms with van der Waals surface area (Å²) < 4.78 is 11.2. The lowest BCUT2D eigenvalue weighted by molar-refractivity contribution is 0.0520. The molecule has 24 heavy (non-hydrogen) atoms. The number of nitrogens with one attached hydrogen (secondary N) is 1. The molecule has 130 valence electrons. The Kier molecular flexibility index (Phi) is 5.09. The highest BCUT2D eigenvalue weighted by molar-refractivity contribution is 5.95. The van der Waals surface area contributed by atoms with E-state index in [4.69, 9.17) is 9.47 Å². The lowest BCUT2D eigenvalue weighted by Gasteiger charge is -2.35. The number of carbonyl (C=O) groups excluding carboxylic acids is 1. The SMILES string of the molecule is CCOC(=O)c1cc2cc(OC3CCCN(C(C)C)C3)ccc2[nH]1. The van der Waals surface area contributed by atoms with E-state index in [9.17, 15) is 4.79 Å². The first-order valence-corrected chi connectivity index (χ1v) is 8.77. The van der Waals surface area contributed by atoms with Crippen LogP contribution in [-0.4, -0.2) is 47.7 Å². The maximum absolute atomic E-state index is 11.8. The van der Waals surface area contributed by atoms with Crippen molar-refractivity contribution in [3.05, 3.63) is 30.0 Å². The number of H-pyrrole nitrogens is 1. The number of hydrogen-bond donors (Lipinski definition) is 1. The fourth-order valence-corrected chi connectivity index (χ4v) is 3.23. The number of likely N-dealkylation sites (tertiary alicyclic amines) is 1. The summed E-state index contributed by atoms with van der Waals surface area (Å²) in [5.41, 5.74) is 1.39. The summed E-state index contributed by atoms with van der Waals surface area (Å²) in [7, 11) is 0. The van der Waals surface area contributed by atoms with Gasteiger partial charge in [-0.1, -0.05) is 0 Å². The molecule has 0 radical (unpaired) electrons. The average Bonchev–Trinajstić information content (AvgIpc) is 2.99. The predicted octanol–water partition coefficient (Wildman–Crippen LogP) is 3.60. The maximum atomic E-state index is 11.8. The minimum atomic E-state index is -0.323. The monoisotopic (exact) mass is 330 g/mol. The third-order valence-corrected chi connectivity index (χ3v) is 4.53. The van der Waals surface area contributed by atoms with Gasteiger partial charge in [0.1, 0.15) is 17.5 Å². The Morgan fingerprint density at radius 1 is 1.38 bits per heavy atom. The van der Waals surface area contributed by atoms with Crippen LogP contribution in [0.1, 0.15) is 44.1 Å². The Labute approximate surface area is 142 Å². The van der Waals surface area contributed by atoms with Gasteiger partial charge >= 0.3 is 5.97 Å². The number of nitrogens with zero attached hydrogens (tertiary/aromatic N) is 1. The lowest BCUT2D eigenvalue weighted by Crippen LogP contribution is -2.44. The topological polar surface area (TPSA) is 54.6 Å². The van der Waals surface area contributed by atoms with Gasteiger partial charge in [-0.2, -0.15) is 0 Å². The Morgan fingerprint density at radius 3 is 2.96 bits per heavy atom. The van der Waals surface area contributed by atoms with Gasteiger partial charge in [0.2, 0.25) is 0 Å². The zero-order chi connectivity index (χ0) is 17.1. The third kappa shape index (κ3) is 3.73. The van der Waals surface area contributed by atoms with Crippen LogP contribution in [0.2, 0.25) is 0 Å². The second kappa shape index (κ2) is 7.26. The molecule has 1 unspecified atom stereocenters. The van der Waals surface area contributed by atoms with Crippen molar-refractivity contribution in [3.8, 4) is 5.75 Å². The van der Waals surface area contributed by atoms with Crippen LogP contribution in [0.3, 0.4) is 0 Å². The van der Waals surface area contributed by atoms with Crippen molar-refractivity contribution in [1.29, 1.82) is 0 Å². The summed E-state index contributed by atoms with van der Waals surface area (Å²) in [6.07, 6.45) is 2.48. The molecule has 1 aliphatic heterocycles. The van der Waals surface area contributed by atoms with Crippen LogP contribution in [0, 0.1) is 0 Å². The molecule has 2 aromatic rings. The van der Waals surface area contributed by atoms with Crippen molar-refractivity contribution in [1.82, 2.24) is 9.88 Å². The van der Waals surface area contributed by atoms with Crippen LogP contribution in [0.25, 0.3) is 10.9 Å². The van der Waals surface area contributed by atoms with Crippen molar-refractivity contribution < 1.29 is 14.3 Å². The normalized spacial score (nSPS) is 18.9. The van der Waals surface area contributed by atoms with Gasteiger partial charge in [-0.3, -0.25) is 4.90 Å². The van der Waals surface area contributed by atoms with E-state index >= 15 is 0 Å². The molecule has 0 spiro atoms.